The third-order valence-electron chi connectivity index (χ3n) is 4.40. The number of hydrogen-bond donors (Lipinski definition) is 0. The van der Waals surface area contributed by atoms with Crippen molar-refractivity contribution in [2.24, 2.45) is 0 Å². The first-order valence-corrected chi connectivity index (χ1v) is 7.88. The third kappa shape index (κ3) is 2.46. The Labute approximate surface area is 135 Å². The van der Waals surface area contributed by atoms with Gasteiger partial charge >= 0.3 is 0 Å². The van der Waals surface area contributed by atoms with Crippen molar-refractivity contribution in [1.29, 1.82) is 5.26 Å². The van der Waals surface area contributed by atoms with Crippen molar-refractivity contribution in [3.63, 3.8) is 0 Å². The monoisotopic (exact) mass is 307 g/mol. The number of nitriles is 1. The molecule has 23 heavy (non-hydrogen) atoms. The van der Waals surface area contributed by atoms with Crippen LogP contribution < -0.4 is 14.4 Å². The number of rotatable bonds is 2. The number of aromatic nitrogens is 1. The van der Waals surface area contributed by atoms with Crippen molar-refractivity contribution < 1.29 is 9.47 Å². The molecule has 0 saturated carbocycles. The number of nitrogens with zero attached hydrogens (tertiary/aromatic N) is 3. The highest BCUT2D eigenvalue weighted by Gasteiger charge is 2.30. The number of anilines is 1. The minimum atomic E-state index is 0.251. The van der Waals surface area contributed by atoms with E-state index in [0.717, 1.165) is 36.6 Å². The molecule has 3 heterocycles. The zero-order valence-corrected chi connectivity index (χ0v) is 12.7. The van der Waals surface area contributed by atoms with E-state index in [2.05, 4.69) is 22.0 Å². The maximum Gasteiger partial charge on any atom is 0.166 e. The Morgan fingerprint density at radius 1 is 1.17 bits per heavy atom. The van der Waals surface area contributed by atoms with Gasteiger partial charge in [-0.2, -0.15) is 5.26 Å². The van der Waals surface area contributed by atoms with Gasteiger partial charge in [0.2, 0.25) is 0 Å². The Morgan fingerprint density at radius 3 is 2.91 bits per heavy atom. The smallest absolute Gasteiger partial charge is 0.166 e. The summed E-state index contributed by atoms with van der Waals surface area (Å²) in [5.74, 6) is 1.70. The topological polar surface area (TPSA) is 58.4 Å². The lowest BCUT2D eigenvalue weighted by Gasteiger charge is -2.30. The molecule has 0 aliphatic carbocycles. The zero-order valence-electron chi connectivity index (χ0n) is 12.7. The molecule has 2 aliphatic rings. The van der Waals surface area contributed by atoms with Crippen LogP contribution in [-0.4, -0.2) is 24.7 Å². The second-order valence-electron chi connectivity index (χ2n) is 5.74. The maximum atomic E-state index is 8.90. The molecule has 2 aromatic rings. The van der Waals surface area contributed by atoms with Gasteiger partial charge in [0.25, 0.3) is 0 Å². The van der Waals surface area contributed by atoms with Crippen LogP contribution in [0, 0.1) is 11.3 Å². The average molecular weight is 307 g/mol. The lowest BCUT2D eigenvalue weighted by molar-refractivity contribution is 0.169. The SMILES string of the molecule is N#Cc1ccc(N2CCCC2c2cccc3c2OCCO3)cn1. The zero-order chi connectivity index (χ0) is 15.6. The lowest BCUT2D eigenvalue weighted by Crippen LogP contribution is -2.24. The Kier molecular flexibility index (Phi) is 3.51. The Morgan fingerprint density at radius 2 is 2.09 bits per heavy atom. The maximum absolute atomic E-state index is 8.90. The molecule has 5 heteroatoms. The van der Waals surface area contributed by atoms with E-state index in [-0.39, 0.29) is 6.04 Å². The van der Waals surface area contributed by atoms with E-state index in [9.17, 15) is 0 Å². The molecule has 0 radical (unpaired) electrons. The molecule has 4 rings (SSSR count). The molecule has 116 valence electrons. The van der Waals surface area contributed by atoms with Crippen LogP contribution in [0.5, 0.6) is 11.5 Å². The summed E-state index contributed by atoms with van der Waals surface area (Å²) in [5.41, 5.74) is 2.66. The second kappa shape index (κ2) is 5.81. The third-order valence-corrected chi connectivity index (χ3v) is 4.40. The van der Waals surface area contributed by atoms with Crippen LogP contribution in [-0.2, 0) is 0 Å². The number of ether oxygens (including phenoxy) is 2. The van der Waals surface area contributed by atoms with E-state index < -0.39 is 0 Å². The summed E-state index contributed by atoms with van der Waals surface area (Å²) in [6, 6.07) is 12.2. The summed E-state index contributed by atoms with van der Waals surface area (Å²) < 4.78 is 11.6. The summed E-state index contributed by atoms with van der Waals surface area (Å²) in [6.45, 7) is 2.17. The molecular weight excluding hydrogens is 290 g/mol. The normalized spacial score (nSPS) is 19.4. The highest BCUT2D eigenvalue weighted by atomic mass is 16.6. The molecule has 0 spiro atoms. The molecule has 0 bridgehead atoms. The molecule has 1 aromatic carbocycles. The van der Waals surface area contributed by atoms with E-state index in [1.807, 2.05) is 18.2 Å². The number of para-hydroxylation sites is 1. The predicted molar refractivity (Wildman–Crippen MR) is 85.7 cm³/mol. The van der Waals surface area contributed by atoms with Crippen molar-refractivity contribution in [3.05, 3.63) is 47.8 Å². The first-order chi connectivity index (χ1) is 11.4. The fourth-order valence-corrected chi connectivity index (χ4v) is 3.38. The Balaban J connectivity index is 1.69. The minimum absolute atomic E-state index is 0.251. The summed E-state index contributed by atoms with van der Waals surface area (Å²) in [5, 5.41) is 8.90. The first-order valence-electron chi connectivity index (χ1n) is 7.88. The van der Waals surface area contributed by atoms with Crippen molar-refractivity contribution >= 4 is 5.69 Å². The highest BCUT2D eigenvalue weighted by Crippen LogP contribution is 2.44. The molecule has 2 aliphatic heterocycles. The van der Waals surface area contributed by atoms with Crippen LogP contribution in [0.1, 0.15) is 30.1 Å². The fraction of sp³-hybridized carbons (Fsp3) is 0.333. The van der Waals surface area contributed by atoms with Gasteiger partial charge in [-0.3, -0.25) is 0 Å². The van der Waals surface area contributed by atoms with Gasteiger partial charge in [0.15, 0.2) is 11.5 Å². The van der Waals surface area contributed by atoms with Crippen LogP contribution in [0.3, 0.4) is 0 Å². The Hall–Kier alpha value is -2.74. The van der Waals surface area contributed by atoms with Gasteiger partial charge in [0.05, 0.1) is 17.9 Å². The van der Waals surface area contributed by atoms with Crippen LogP contribution >= 0.6 is 0 Å². The number of fused-ring (bicyclic) bond motifs is 1. The van der Waals surface area contributed by atoms with Gasteiger partial charge in [0, 0.05) is 12.1 Å². The van der Waals surface area contributed by atoms with Crippen molar-refractivity contribution in [2.75, 3.05) is 24.7 Å². The van der Waals surface area contributed by atoms with Crippen molar-refractivity contribution in [3.8, 4) is 17.6 Å². The quantitative estimate of drug-likeness (QED) is 0.853. The van der Waals surface area contributed by atoms with Gasteiger partial charge in [0.1, 0.15) is 25.0 Å². The molecule has 0 amide bonds. The standard InChI is InChI=1S/C18H17N3O2/c19-11-13-6-7-14(12-20-13)21-8-2-4-16(21)15-3-1-5-17-18(15)23-10-9-22-17/h1,3,5-7,12,16H,2,4,8-10H2. The molecular formula is C18H17N3O2. The van der Waals surface area contributed by atoms with Gasteiger partial charge in [-0.1, -0.05) is 12.1 Å². The molecule has 0 N–H and O–H groups in total. The van der Waals surface area contributed by atoms with Crippen LogP contribution in [0.15, 0.2) is 36.5 Å². The molecule has 1 unspecified atom stereocenters. The van der Waals surface area contributed by atoms with Crippen molar-refractivity contribution in [1.82, 2.24) is 4.98 Å². The van der Waals surface area contributed by atoms with E-state index in [1.54, 1.807) is 12.3 Å². The van der Waals surface area contributed by atoms with Gasteiger partial charge in [-0.05, 0) is 31.0 Å². The van der Waals surface area contributed by atoms with Crippen LogP contribution in [0.25, 0.3) is 0 Å². The van der Waals surface area contributed by atoms with E-state index >= 15 is 0 Å². The molecule has 1 fully saturated rings. The second-order valence-corrected chi connectivity index (χ2v) is 5.74. The fourth-order valence-electron chi connectivity index (χ4n) is 3.38. The summed E-state index contributed by atoms with van der Waals surface area (Å²) in [6.07, 6.45) is 3.97. The summed E-state index contributed by atoms with van der Waals surface area (Å²) >= 11 is 0. The summed E-state index contributed by atoms with van der Waals surface area (Å²) in [4.78, 5) is 6.53. The number of benzene rings is 1. The lowest BCUT2D eigenvalue weighted by atomic mass is 10.0. The highest BCUT2D eigenvalue weighted by molar-refractivity contribution is 5.55. The summed E-state index contributed by atoms with van der Waals surface area (Å²) in [7, 11) is 0. The average Bonchev–Trinajstić information content (AvgIpc) is 3.11. The molecule has 1 aromatic heterocycles. The Bertz CT molecular complexity index is 752. The van der Waals surface area contributed by atoms with E-state index in [1.165, 1.54) is 5.56 Å². The molecule has 1 atom stereocenters. The van der Waals surface area contributed by atoms with Gasteiger partial charge < -0.3 is 14.4 Å². The predicted octanol–water partition coefficient (Wildman–Crippen LogP) is 3.07. The largest absolute Gasteiger partial charge is 0.486 e. The van der Waals surface area contributed by atoms with Crippen LogP contribution in [0.4, 0.5) is 5.69 Å². The van der Waals surface area contributed by atoms with Gasteiger partial charge in [-0.25, -0.2) is 4.98 Å². The van der Waals surface area contributed by atoms with E-state index in [0.29, 0.717) is 18.9 Å². The minimum Gasteiger partial charge on any atom is -0.486 e. The first kappa shape index (κ1) is 13.9. The van der Waals surface area contributed by atoms with Crippen molar-refractivity contribution in [2.45, 2.75) is 18.9 Å². The van der Waals surface area contributed by atoms with E-state index in [4.69, 9.17) is 14.7 Å². The number of pyridine rings is 1. The number of hydrogen-bond acceptors (Lipinski definition) is 5. The van der Waals surface area contributed by atoms with Gasteiger partial charge in [-0.15, -0.1) is 0 Å². The molecule has 1 saturated heterocycles. The van der Waals surface area contributed by atoms with Crippen LogP contribution in [0.2, 0.25) is 0 Å². The molecule has 5 nitrogen and oxygen atoms in total.